The van der Waals surface area contributed by atoms with Gasteiger partial charge < -0.3 is 0 Å². The van der Waals surface area contributed by atoms with Gasteiger partial charge in [0.2, 0.25) is 0 Å². The van der Waals surface area contributed by atoms with Crippen molar-refractivity contribution in [1.29, 1.82) is 5.26 Å². The van der Waals surface area contributed by atoms with Crippen molar-refractivity contribution in [2.24, 2.45) is 0 Å². The van der Waals surface area contributed by atoms with Gasteiger partial charge in [0.15, 0.2) is 0 Å². The van der Waals surface area contributed by atoms with Gasteiger partial charge in [0.05, 0.1) is 9.35 Å². The van der Waals surface area contributed by atoms with Gasteiger partial charge in [-0.1, -0.05) is 6.07 Å². The second-order valence-electron chi connectivity index (χ2n) is 2.48. The van der Waals surface area contributed by atoms with Gasteiger partial charge in [0, 0.05) is 13.7 Å². The fourth-order valence-electron chi connectivity index (χ4n) is 1.18. The lowest BCUT2D eigenvalue weighted by Gasteiger charge is -1.92. The normalized spacial score (nSPS) is 10.2. The summed E-state index contributed by atoms with van der Waals surface area (Å²) in [5.74, 6) is 0. The van der Waals surface area contributed by atoms with Crippen LogP contribution in [0.2, 0.25) is 0 Å². The molecule has 0 aliphatic rings. The molecule has 0 bridgehead atoms. The fourth-order valence-corrected chi connectivity index (χ4v) is 3.84. The SMILES string of the molecule is N#Cc1c(Br)sc2cccc(I)c12. The molecule has 0 unspecified atom stereocenters. The molecule has 2 aromatic rings. The van der Waals surface area contributed by atoms with E-state index in [1.54, 1.807) is 11.3 Å². The minimum Gasteiger partial charge on any atom is -0.192 e. The molecule has 2 rings (SSSR count). The summed E-state index contributed by atoms with van der Waals surface area (Å²) in [6.45, 7) is 0. The summed E-state index contributed by atoms with van der Waals surface area (Å²) >= 11 is 7.26. The predicted molar refractivity (Wildman–Crippen MR) is 67.0 cm³/mol. The van der Waals surface area contributed by atoms with Crippen molar-refractivity contribution in [3.63, 3.8) is 0 Å². The monoisotopic (exact) mass is 363 g/mol. The molecule has 0 N–H and O–H groups in total. The Morgan fingerprint density at radius 2 is 2.23 bits per heavy atom. The number of nitriles is 1. The Labute approximate surface area is 102 Å². The largest absolute Gasteiger partial charge is 0.192 e. The third-order valence-corrected chi connectivity index (χ3v) is 4.46. The van der Waals surface area contributed by atoms with Gasteiger partial charge in [-0.25, -0.2) is 0 Å². The number of halogens is 2. The second-order valence-corrected chi connectivity index (χ2v) is 6.01. The predicted octanol–water partition coefficient (Wildman–Crippen LogP) is 4.14. The Morgan fingerprint density at radius 3 is 2.92 bits per heavy atom. The molecule has 13 heavy (non-hydrogen) atoms. The molecule has 1 aromatic heterocycles. The van der Waals surface area contributed by atoms with Crippen molar-refractivity contribution in [3.05, 3.63) is 31.1 Å². The van der Waals surface area contributed by atoms with E-state index in [2.05, 4.69) is 44.6 Å². The zero-order valence-corrected chi connectivity index (χ0v) is 10.9. The van der Waals surface area contributed by atoms with Gasteiger partial charge in [-0.3, -0.25) is 0 Å². The molecule has 0 atom stereocenters. The van der Waals surface area contributed by atoms with Crippen molar-refractivity contribution in [1.82, 2.24) is 0 Å². The van der Waals surface area contributed by atoms with Crippen LogP contribution in [0.5, 0.6) is 0 Å². The van der Waals surface area contributed by atoms with E-state index in [4.69, 9.17) is 5.26 Å². The summed E-state index contributed by atoms with van der Waals surface area (Å²) in [5, 5.41) is 10.0. The average Bonchev–Trinajstić information content (AvgIpc) is 2.42. The van der Waals surface area contributed by atoms with Gasteiger partial charge in [0.25, 0.3) is 0 Å². The van der Waals surface area contributed by atoms with Crippen LogP contribution < -0.4 is 0 Å². The Morgan fingerprint density at radius 1 is 1.46 bits per heavy atom. The van der Waals surface area contributed by atoms with Gasteiger partial charge >= 0.3 is 0 Å². The number of hydrogen-bond donors (Lipinski definition) is 0. The number of benzene rings is 1. The van der Waals surface area contributed by atoms with Crippen LogP contribution in [0.3, 0.4) is 0 Å². The molecule has 1 heterocycles. The first-order chi connectivity index (χ1) is 6.24. The first kappa shape index (κ1) is 9.44. The Bertz CT molecular complexity index is 512. The summed E-state index contributed by atoms with van der Waals surface area (Å²) in [6.07, 6.45) is 0. The minimum atomic E-state index is 0.755. The first-order valence-corrected chi connectivity index (χ1v) is 6.19. The third kappa shape index (κ3) is 1.49. The highest BCUT2D eigenvalue weighted by atomic mass is 127. The maximum Gasteiger partial charge on any atom is 0.102 e. The molecule has 1 aromatic carbocycles. The summed E-state index contributed by atoms with van der Waals surface area (Å²) < 4.78 is 3.22. The standard InChI is InChI=1S/C9H3BrINS/c10-9-5(4-12)8-6(11)2-1-3-7(8)13-9/h1-3H. The molecule has 0 fully saturated rings. The van der Waals surface area contributed by atoms with Gasteiger partial charge in [-0.15, -0.1) is 11.3 Å². The van der Waals surface area contributed by atoms with Gasteiger partial charge in [-0.2, -0.15) is 5.26 Å². The molecule has 0 aliphatic heterocycles. The van der Waals surface area contributed by atoms with Crippen molar-refractivity contribution in [3.8, 4) is 6.07 Å². The molecule has 1 nitrogen and oxygen atoms in total. The van der Waals surface area contributed by atoms with E-state index >= 15 is 0 Å². The Hall–Kier alpha value is -0.120. The van der Waals surface area contributed by atoms with Crippen LogP contribution in [-0.2, 0) is 0 Å². The van der Waals surface area contributed by atoms with Crippen molar-refractivity contribution >= 4 is 59.9 Å². The second kappa shape index (κ2) is 3.56. The lowest BCUT2D eigenvalue weighted by Crippen LogP contribution is -1.75. The fraction of sp³-hybridized carbons (Fsp3) is 0. The van der Waals surface area contributed by atoms with E-state index in [0.717, 1.165) is 23.0 Å². The van der Waals surface area contributed by atoms with E-state index in [1.807, 2.05) is 18.2 Å². The van der Waals surface area contributed by atoms with Crippen LogP contribution in [0.25, 0.3) is 10.1 Å². The van der Waals surface area contributed by atoms with Crippen molar-refractivity contribution < 1.29 is 0 Å². The molecule has 0 amide bonds. The lowest BCUT2D eigenvalue weighted by molar-refractivity contribution is 1.51. The zero-order valence-electron chi connectivity index (χ0n) is 6.34. The van der Waals surface area contributed by atoms with Crippen molar-refractivity contribution in [2.75, 3.05) is 0 Å². The number of hydrogen-bond acceptors (Lipinski definition) is 2. The third-order valence-electron chi connectivity index (χ3n) is 1.73. The molecule has 0 saturated carbocycles. The van der Waals surface area contributed by atoms with E-state index in [0.29, 0.717) is 0 Å². The molecule has 0 saturated heterocycles. The highest BCUT2D eigenvalue weighted by Crippen LogP contribution is 2.37. The van der Waals surface area contributed by atoms with Crippen LogP contribution in [0.4, 0.5) is 0 Å². The number of rotatable bonds is 0. The van der Waals surface area contributed by atoms with E-state index in [1.165, 1.54) is 0 Å². The van der Waals surface area contributed by atoms with Crippen LogP contribution in [0.15, 0.2) is 22.0 Å². The van der Waals surface area contributed by atoms with Crippen LogP contribution >= 0.6 is 49.9 Å². The minimum absolute atomic E-state index is 0.755. The van der Waals surface area contributed by atoms with Crippen LogP contribution in [0.1, 0.15) is 5.56 Å². The van der Waals surface area contributed by atoms with Crippen molar-refractivity contribution in [2.45, 2.75) is 0 Å². The summed E-state index contributed by atoms with van der Waals surface area (Å²) in [4.78, 5) is 0. The van der Waals surface area contributed by atoms with Crippen LogP contribution in [0, 0.1) is 14.9 Å². The summed E-state index contributed by atoms with van der Waals surface area (Å²) in [5.41, 5.74) is 0.755. The molecular formula is C9H3BrINS. The molecule has 4 heteroatoms. The highest BCUT2D eigenvalue weighted by Gasteiger charge is 2.11. The maximum atomic E-state index is 8.95. The molecule has 0 spiro atoms. The number of fused-ring (bicyclic) bond motifs is 1. The zero-order chi connectivity index (χ0) is 9.42. The number of nitrogens with zero attached hydrogens (tertiary/aromatic N) is 1. The van der Waals surface area contributed by atoms with Gasteiger partial charge in [0.1, 0.15) is 6.07 Å². The summed E-state index contributed by atoms with van der Waals surface area (Å²) in [6, 6.07) is 8.28. The number of thiophene rings is 1. The van der Waals surface area contributed by atoms with E-state index in [-0.39, 0.29) is 0 Å². The summed E-state index contributed by atoms with van der Waals surface area (Å²) in [7, 11) is 0. The first-order valence-electron chi connectivity index (χ1n) is 3.50. The molecule has 0 radical (unpaired) electrons. The van der Waals surface area contributed by atoms with Crippen LogP contribution in [-0.4, -0.2) is 0 Å². The average molecular weight is 364 g/mol. The highest BCUT2D eigenvalue weighted by molar-refractivity contribution is 14.1. The molecule has 64 valence electrons. The molecule has 0 aliphatic carbocycles. The topological polar surface area (TPSA) is 23.8 Å². The van der Waals surface area contributed by atoms with E-state index < -0.39 is 0 Å². The lowest BCUT2D eigenvalue weighted by atomic mass is 10.2. The quantitative estimate of drug-likeness (QED) is 0.645. The smallest absolute Gasteiger partial charge is 0.102 e. The Kier molecular flexibility index (Phi) is 2.58. The van der Waals surface area contributed by atoms with E-state index in [9.17, 15) is 0 Å². The van der Waals surface area contributed by atoms with Gasteiger partial charge in [-0.05, 0) is 50.7 Å². The maximum absolute atomic E-state index is 8.95. The molecular weight excluding hydrogens is 361 g/mol. The Balaban J connectivity index is 2.99.